The smallest absolute Gasteiger partial charge is 0.230 e. The van der Waals surface area contributed by atoms with E-state index in [-0.39, 0.29) is 42.8 Å². The normalized spacial score (nSPS) is 14.7. The molecule has 4 rings (SSSR count). The van der Waals surface area contributed by atoms with Crippen LogP contribution >= 0.6 is 71.1 Å². The maximum absolute atomic E-state index is 12.6. The van der Waals surface area contributed by atoms with Crippen LogP contribution in [-0.4, -0.2) is 53.3 Å². The average molecular weight is 638 g/mol. The lowest BCUT2D eigenvalue weighted by Crippen LogP contribution is -2.44. The van der Waals surface area contributed by atoms with Gasteiger partial charge in [0, 0.05) is 54.9 Å². The molecule has 0 spiro atoms. The number of thioether (sulfide) groups is 1. The summed E-state index contributed by atoms with van der Waals surface area (Å²) < 4.78 is 0.894. The summed E-state index contributed by atoms with van der Waals surface area (Å²) in [6.45, 7) is 5.40. The van der Waals surface area contributed by atoms with Crippen molar-refractivity contribution in [3.8, 4) is 11.3 Å². The molecule has 1 fully saturated rings. The van der Waals surface area contributed by atoms with Gasteiger partial charge in [-0.2, -0.15) is 0 Å². The number of nitrogens with zero attached hydrogens (tertiary/aromatic N) is 2. The first kappa shape index (κ1) is 33.0. The van der Waals surface area contributed by atoms with Crippen LogP contribution < -0.4 is 16.4 Å². The number of piperidine rings is 1. The number of rotatable bonds is 10. The molecule has 4 N–H and O–H groups in total. The molecule has 0 saturated carbocycles. The number of likely N-dealkylation sites (tertiary alicyclic amines) is 1. The average Bonchev–Trinajstić information content (AvgIpc) is 3.34. The minimum absolute atomic E-state index is 0. The van der Waals surface area contributed by atoms with Gasteiger partial charge in [0.15, 0.2) is 4.34 Å². The molecule has 1 aromatic heterocycles. The van der Waals surface area contributed by atoms with Gasteiger partial charge in [-0.1, -0.05) is 53.2 Å². The van der Waals surface area contributed by atoms with E-state index in [1.54, 1.807) is 11.3 Å². The fourth-order valence-electron chi connectivity index (χ4n) is 4.05. The zero-order valence-corrected chi connectivity index (χ0v) is 25.8. The quantitative estimate of drug-likeness (QED) is 0.218. The van der Waals surface area contributed by atoms with E-state index in [0.717, 1.165) is 59.3 Å². The van der Waals surface area contributed by atoms with Gasteiger partial charge < -0.3 is 16.4 Å². The predicted molar refractivity (Wildman–Crippen MR) is 168 cm³/mol. The zero-order valence-electron chi connectivity index (χ0n) is 21.0. The molecule has 6 nitrogen and oxygen atoms in total. The zero-order chi connectivity index (χ0) is 25.5. The summed E-state index contributed by atoms with van der Waals surface area (Å²) in [5, 5.41) is 9.73. The molecule has 1 atom stereocenters. The number of carbonyl (C=O) groups is 1. The number of benzene rings is 2. The highest BCUT2D eigenvalue weighted by molar-refractivity contribution is 8.01. The Labute approximate surface area is 255 Å². The van der Waals surface area contributed by atoms with Crippen molar-refractivity contribution in [2.75, 3.05) is 30.7 Å². The fraction of sp³-hybridized carbons (Fsp3) is 0.385. The molecule has 0 radical (unpaired) electrons. The first-order valence-corrected chi connectivity index (χ1v) is 14.6. The molecule has 0 bridgehead atoms. The number of anilines is 1. The molecule has 2 heterocycles. The number of nitrogens with two attached hydrogens (primary N) is 1. The second-order valence-electron chi connectivity index (χ2n) is 9.09. The van der Waals surface area contributed by atoms with E-state index in [0.29, 0.717) is 22.3 Å². The van der Waals surface area contributed by atoms with E-state index >= 15 is 0 Å². The van der Waals surface area contributed by atoms with Crippen molar-refractivity contribution in [2.24, 2.45) is 5.73 Å². The minimum Gasteiger partial charge on any atom is -0.383 e. The Morgan fingerprint density at radius 2 is 1.95 bits per heavy atom. The van der Waals surface area contributed by atoms with E-state index in [9.17, 15) is 4.79 Å². The third kappa shape index (κ3) is 10.1. The van der Waals surface area contributed by atoms with Gasteiger partial charge in [0.25, 0.3) is 0 Å². The fourth-order valence-corrected chi connectivity index (χ4v) is 6.02. The molecule has 1 aliphatic heterocycles. The number of carbonyl (C=O) groups excluding carboxylic acids is 1. The van der Waals surface area contributed by atoms with Crippen LogP contribution in [0.1, 0.15) is 25.3 Å². The monoisotopic (exact) mass is 635 g/mol. The van der Waals surface area contributed by atoms with Crippen LogP contribution in [0.2, 0.25) is 10.0 Å². The number of aromatic nitrogens is 1. The first-order chi connectivity index (χ1) is 17.4. The Morgan fingerprint density at radius 3 is 2.66 bits per heavy atom. The van der Waals surface area contributed by atoms with Gasteiger partial charge in [-0.05, 0) is 49.6 Å². The van der Waals surface area contributed by atoms with Gasteiger partial charge in [0.05, 0.1) is 21.5 Å². The van der Waals surface area contributed by atoms with Crippen LogP contribution in [0.5, 0.6) is 0 Å². The van der Waals surface area contributed by atoms with E-state index in [1.165, 1.54) is 11.8 Å². The van der Waals surface area contributed by atoms with Gasteiger partial charge in [0.1, 0.15) is 0 Å². The third-order valence-corrected chi connectivity index (χ3v) is 8.70. The van der Waals surface area contributed by atoms with Gasteiger partial charge in [-0.25, -0.2) is 4.98 Å². The summed E-state index contributed by atoms with van der Waals surface area (Å²) in [5.41, 5.74) is 9.97. The van der Waals surface area contributed by atoms with E-state index < -0.39 is 0 Å². The molecule has 1 saturated heterocycles. The number of hydrogen-bond acceptors (Lipinski definition) is 7. The van der Waals surface area contributed by atoms with E-state index in [2.05, 4.69) is 21.6 Å². The standard InChI is InChI=1S/C26H31Cl2N5OS2.2ClH/c1-17(29)13-30-21-4-2-3-19(12-21)24-15-35-26(32-24)36-16-25(34)31-20-7-9-33(10-8-20)14-18-5-6-22(27)23(28)11-18;;/h2-6,11-12,15,17,20,30H,7-10,13-14,16,29H2,1H3,(H,31,34);2*1H. The molecule has 208 valence electrons. The maximum atomic E-state index is 12.6. The number of nitrogens with one attached hydrogen (secondary N) is 2. The van der Waals surface area contributed by atoms with Crippen LogP contribution in [0.25, 0.3) is 11.3 Å². The largest absolute Gasteiger partial charge is 0.383 e. The lowest BCUT2D eigenvalue weighted by molar-refractivity contribution is -0.119. The van der Waals surface area contributed by atoms with Gasteiger partial charge in [0.2, 0.25) is 5.91 Å². The summed E-state index contributed by atoms with van der Waals surface area (Å²) in [7, 11) is 0. The molecule has 3 aromatic rings. The Kier molecular flexibility index (Phi) is 14.0. The number of halogens is 4. The summed E-state index contributed by atoms with van der Waals surface area (Å²) >= 11 is 15.2. The molecule has 0 aliphatic carbocycles. The molecular formula is C26H33Cl4N5OS2. The molecule has 1 amide bonds. The highest BCUT2D eigenvalue weighted by Gasteiger charge is 2.21. The summed E-state index contributed by atoms with van der Waals surface area (Å²) in [6.07, 6.45) is 1.87. The van der Waals surface area contributed by atoms with Crippen LogP contribution in [0, 0.1) is 0 Å². The molecule has 12 heteroatoms. The lowest BCUT2D eigenvalue weighted by atomic mass is 10.0. The highest BCUT2D eigenvalue weighted by atomic mass is 35.5. The van der Waals surface area contributed by atoms with Gasteiger partial charge in [-0.15, -0.1) is 36.2 Å². The number of thiazole rings is 1. The number of hydrogen-bond donors (Lipinski definition) is 3. The minimum atomic E-state index is 0. The second-order valence-corrected chi connectivity index (χ2v) is 12.0. The predicted octanol–water partition coefficient (Wildman–Crippen LogP) is 6.59. The van der Waals surface area contributed by atoms with Crippen molar-refractivity contribution in [3.05, 3.63) is 63.5 Å². The highest BCUT2D eigenvalue weighted by Crippen LogP contribution is 2.29. The molecule has 1 unspecified atom stereocenters. The van der Waals surface area contributed by atoms with Crippen molar-refractivity contribution in [1.29, 1.82) is 0 Å². The Morgan fingerprint density at radius 1 is 1.18 bits per heavy atom. The Bertz CT molecular complexity index is 1170. The van der Waals surface area contributed by atoms with Crippen molar-refractivity contribution in [2.45, 2.75) is 42.7 Å². The Hall–Kier alpha value is -1.23. The molecule has 1 aliphatic rings. The molecular weight excluding hydrogens is 604 g/mol. The van der Waals surface area contributed by atoms with Crippen molar-refractivity contribution < 1.29 is 4.79 Å². The number of amides is 1. The Balaban J connectivity index is 0.00000253. The molecule has 2 aromatic carbocycles. The van der Waals surface area contributed by atoms with Crippen LogP contribution in [-0.2, 0) is 11.3 Å². The van der Waals surface area contributed by atoms with Crippen molar-refractivity contribution in [3.63, 3.8) is 0 Å². The van der Waals surface area contributed by atoms with Crippen LogP contribution in [0.3, 0.4) is 0 Å². The topological polar surface area (TPSA) is 83.3 Å². The maximum Gasteiger partial charge on any atom is 0.230 e. The molecule has 38 heavy (non-hydrogen) atoms. The summed E-state index contributed by atoms with van der Waals surface area (Å²) in [4.78, 5) is 19.7. The second kappa shape index (κ2) is 16.1. The van der Waals surface area contributed by atoms with Crippen molar-refractivity contribution >= 4 is 82.7 Å². The lowest BCUT2D eigenvalue weighted by Gasteiger charge is -2.32. The van der Waals surface area contributed by atoms with E-state index in [4.69, 9.17) is 33.9 Å². The van der Waals surface area contributed by atoms with Crippen LogP contribution in [0.4, 0.5) is 5.69 Å². The van der Waals surface area contributed by atoms with Gasteiger partial charge in [-0.3, -0.25) is 9.69 Å². The summed E-state index contributed by atoms with van der Waals surface area (Å²) in [6, 6.07) is 14.2. The van der Waals surface area contributed by atoms with Gasteiger partial charge >= 0.3 is 0 Å². The third-order valence-electron chi connectivity index (χ3n) is 5.94. The van der Waals surface area contributed by atoms with Crippen LogP contribution in [0.15, 0.2) is 52.2 Å². The van der Waals surface area contributed by atoms with Crippen molar-refractivity contribution in [1.82, 2.24) is 15.2 Å². The van der Waals surface area contributed by atoms with E-state index in [1.807, 2.05) is 48.7 Å². The first-order valence-electron chi connectivity index (χ1n) is 12.0. The SMILES string of the molecule is CC(N)CNc1cccc(-c2csc(SCC(=O)NC3CCN(Cc4ccc(Cl)c(Cl)c4)CC3)n2)c1.Cl.Cl. The summed E-state index contributed by atoms with van der Waals surface area (Å²) in [5.74, 6) is 0.425.